The number of amides is 1. The lowest BCUT2D eigenvalue weighted by atomic mass is 9.97. The van der Waals surface area contributed by atoms with E-state index in [2.05, 4.69) is 48.3 Å². The minimum absolute atomic E-state index is 0.0821. The standard InChI is InChI=1S/C24H32N2O3/c1-18-4-6-21(7-5-18)23(26-12-14-29-15-13-26)17-25-24(27)16-19(2)20-8-10-22(28-3)11-9-20/h4-11,19,23H,12-17H2,1-3H3,(H,25,27). The van der Waals surface area contributed by atoms with Crippen LogP contribution in [0, 0.1) is 6.92 Å². The molecule has 5 heteroatoms. The van der Waals surface area contributed by atoms with E-state index in [4.69, 9.17) is 9.47 Å². The average molecular weight is 397 g/mol. The molecule has 0 aromatic heterocycles. The van der Waals surface area contributed by atoms with Gasteiger partial charge in [0.25, 0.3) is 0 Å². The Morgan fingerprint density at radius 3 is 2.31 bits per heavy atom. The minimum atomic E-state index is 0.0821. The van der Waals surface area contributed by atoms with Crippen LogP contribution in [0.25, 0.3) is 0 Å². The molecule has 1 saturated heterocycles. The van der Waals surface area contributed by atoms with Gasteiger partial charge in [0.15, 0.2) is 0 Å². The Morgan fingerprint density at radius 1 is 1.07 bits per heavy atom. The van der Waals surface area contributed by atoms with E-state index in [0.29, 0.717) is 13.0 Å². The van der Waals surface area contributed by atoms with E-state index < -0.39 is 0 Å². The van der Waals surface area contributed by atoms with Crippen molar-refractivity contribution in [2.45, 2.75) is 32.2 Å². The molecule has 5 nitrogen and oxygen atoms in total. The van der Waals surface area contributed by atoms with E-state index in [9.17, 15) is 4.79 Å². The average Bonchev–Trinajstić information content (AvgIpc) is 2.76. The SMILES string of the molecule is COc1ccc(C(C)CC(=O)NCC(c2ccc(C)cc2)N2CCOCC2)cc1. The molecule has 2 atom stereocenters. The van der Waals surface area contributed by atoms with Crippen LogP contribution in [0.1, 0.15) is 42.0 Å². The molecule has 156 valence electrons. The lowest BCUT2D eigenvalue weighted by Gasteiger charge is -2.35. The summed E-state index contributed by atoms with van der Waals surface area (Å²) < 4.78 is 10.7. The molecular formula is C24H32N2O3. The van der Waals surface area contributed by atoms with Gasteiger partial charge in [-0.1, -0.05) is 48.9 Å². The quantitative estimate of drug-likeness (QED) is 0.739. The van der Waals surface area contributed by atoms with Crippen LogP contribution in [-0.4, -0.2) is 50.8 Å². The third-order valence-corrected chi connectivity index (χ3v) is 5.62. The second kappa shape index (κ2) is 10.4. The summed E-state index contributed by atoms with van der Waals surface area (Å²) in [5.74, 6) is 1.07. The van der Waals surface area contributed by atoms with E-state index in [-0.39, 0.29) is 17.9 Å². The van der Waals surface area contributed by atoms with Crippen molar-refractivity contribution in [3.63, 3.8) is 0 Å². The third-order valence-electron chi connectivity index (χ3n) is 5.62. The van der Waals surface area contributed by atoms with Crippen LogP contribution in [0.3, 0.4) is 0 Å². The number of ether oxygens (including phenoxy) is 2. The van der Waals surface area contributed by atoms with E-state index in [0.717, 1.165) is 37.6 Å². The van der Waals surface area contributed by atoms with Crippen LogP contribution in [0.15, 0.2) is 48.5 Å². The molecule has 0 spiro atoms. The summed E-state index contributed by atoms with van der Waals surface area (Å²) in [6.07, 6.45) is 0.468. The number of benzene rings is 2. The van der Waals surface area contributed by atoms with Gasteiger partial charge in [0, 0.05) is 26.1 Å². The van der Waals surface area contributed by atoms with Gasteiger partial charge in [-0.3, -0.25) is 9.69 Å². The summed E-state index contributed by atoms with van der Waals surface area (Å²) in [7, 11) is 1.66. The maximum atomic E-state index is 12.6. The van der Waals surface area contributed by atoms with Crippen molar-refractivity contribution in [1.29, 1.82) is 0 Å². The number of carbonyl (C=O) groups excluding carboxylic acids is 1. The molecule has 0 radical (unpaired) electrons. The number of hydrogen-bond donors (Lipinski definition) is 1. The first-order chi connectivity index (χ1) is 14.1. The van der Waals surface area contributed by atoms with Gasteiger partial charge < -0.3 is 14.8 Å². The summed E-state index contributed by atoms with van der Waals surface area (Å²) in [6, 6.07) is 16.7. The summed E-state index contributed by atoms with van der Waals surface area (Å²) in [6.45, 7) is 8.04. The van der Waals surface area contributed by atoms with Crippen LogP contribution in [0.4, 0.5) is 0 Å². The molecule has 1 N–H and O–H groups in total. The summed E-state index contributed by atoms with van der Waals surface area (Å²) in [5.41, 5.74) is 3.62. The first-order valence-corrected chi connectivity index (χ1v) is 10.4. The molecule has 0 saturated carbocycles. The molecule has 1 fully saturated rings. The molecule has 2 unspecified atom stereocenters. The van der Waals surface area contributed by atoms with Crippen molar-refractivity contribution in [1.82, 2.24) is 10.2 Å². The molecule has 2 aromatic carbocycles. The molecule has 1 heterocycles. The Hall–Kier alpha value is -2.37. The van der Waals surface area contributed by atoms with Gasteiger partial charge in [-0.15, -0.1) is 0 Å². The fourth-order valence-corrected chi connectivity index (χ4v) is 3.75. The third kappa shape index (κ3) is 6.05. The van der Waals surface area contributed by atoms with Crippen molar-refractivity contribution in [2.24, 2.45) is 0 Å². The number of hydrogen-bond acceptors (Lipinski definition) is 4. The number of methoxy groups -OCH3 is 1. The Kier molecular flexibility index (Phi) is 7.67. The van der Waals surface area contributed by atoms with E-state index >= 15 is 0 Å². The fraction of sp³-hybridized carbons (Fsp3) is 0.458. The predicted octanol–water partition coefficient (Wildman–Crippen LogP) is 3.69. The maximum absolute atomic E-state index is 12.6. The zero-order valence-electron chi connectivity index (χ0n) is 17.7. The van der Waals surface area contributed by atoms with E-state index in [1.165, 1.54) is 11.1 Å². The highest BCUT2D eigenvalue weighted by atomic mass is 16.5. The number of carbonyl (C=O) groups is 1. The molecule has 1 aliphatic heterocycles. The van der Waals surface area contributed by atoms with Gasteiger partial charge >= 0.3 is 0 Å². The molecular weight excluding hydrogens is 364 g/mol. The number of nitrogens with zero attached hydrogens (tertiary/aromatic N) is 1. The number of nitrogens with one attached hydrogen (secondary N) is 1. The van der Waals surface area contributed by atoms with Crippen LogP contribution < -0.4 is 10.1 Å². The highest BCUT2D eigenvalue weighted by molar-refractivity contribution is 5.76. The first kappa shape index (κ1) is 21.3. The van der Waals surface area contributed by atoms with Crippen molar-refractivity contribution in [2.75, 3.05) is 40.0 Å². The maximum Gasteiger partial charge on any atom is 0.220 e. The minimum Gasteiger partial charge on any atom is -0.497 e. The molecule has 1 amide bonds. The van der Waals surface area contributed by atoms with Gasteiger partial charge in [0.2, 0.25) is 5.91 Å². The lowest BCUT2D eigenvalue weighted by Crippen LogP contribution is -2.43. The number of morpholine rings is 1. The van der Waals surface area contributed by atoms with Gasteiger partial charge in [-0.25, -0.2) is 0 Å². The van der Waals surface area contributed by atoms with Crippen molar-refractivity contribution in [3.05, 3.63) is 65.2 Å². The first-order valence-electron chi connectivity index (χ1n) is 10.4. The van der Waals surface area contributed by atoms with E-state index in [1.807, 2.05) is 24.3 Å². The topological polar surface area (TPSA) is 50.8 Å². The molecule has 1 aliphatic rings. The van der Waals surface area contributed by atoms with Crippen molar-refractivity contribution in [3.8, 4) is 5.75 Å². The van der Waals surface area contributed by atoms with Crippen LogP contribution >= 0.6 is 0 Å². The molecule has 0 aliphatic carbocycles. The number of aryl methyl sites for hydroxylation is 1. The fourth-order valence-electron chi connectivity index (χ4n) is 3.75. The molecule has 29 heavy (non-hydrogen) atoms. The second-order valence-electron chi connectivity index (χ2n) is 7.76. The number of rotatable bonds is 8. The summed E-state index contributed by atoms with van der Waals surface area (Å²) in [5, 5.41) is 3.17. The zero-order valence-corrected chi connectivity index (χ0v) is 17.7. The zero-order chi connectivity index (χ0) is 20.6. The van der Waals surface area contributed by atoms with Gasteiger partial charge in [0.05, 0.1) is 26.4 Å². The summed E-state index contributed by atoms with van der Waals surface area (Å²) in [4.78, 5) is 15.0. The smallest absolute Gasteiger partial charge is 0.220 e. The lowest BCUT2D eigenvalue weighted by molar-refractivity contribution is -0.121. The Morgan fingerprint density at radius 2 is 1.69 bits per heavy atom. The monoisotopic (exact) mass is 396 g/mol. The van der Waals surface area contributed by atoms with E-state index in [1.54, 1.807) is 7.11 Å². The largest absolute Gasteiger partial charge is 0.497 e. The van der Waals surface area contributed by atoms with Crippen LogP contribution in [0.5, 0.6) is 5.75 Å². The molecule has 3 rings (SSSR count). The molecule has 2 aromatic rings. The second-order valence-corrected chi connectivity index (χ2v) is 7.76. The Bertz CT molecular complexity index is 768. The van der Waals surface area contributed by atoms with Gasteiger partial charge in [-0.2, -0.15) is 0 Å². The van der Waals surface area contributed by atoms with Gasteiger partial charge in [0.1, 0.15) is 5.75 Å². The Labute approximate surface area is 174 Å². The van der Waals surface area contributed by atoms with Crippen molar-refractivity contribution < 1.29 is 14.3 Å². The normalized spacial score (nSPS) is 16.8. The highest BCUT2D eigenvalue weighted by Gasteiger charge is 2.23. The Balaban J connectivity index is 1.60. The van der Waals surface area contributed by atoms with Crippen molar-refractivity contribution >= 4 is 5.91 Å². The van der Waals surface area contributed by atoms with Crippen LogP contribution in [-0.2, 0) is 9.53 Å². The highest BCUT2D eigenvalue weighted by Crippen LogP contribution is 2.24. The van der Waals surface area contributed by atoms with Crippen LogP contribution in [0.2, 0.25) is 0 Å². The van der Waals surface area contributed by atoms with Gasteiger partial charge in [-0.05, 0) is 36.1 Å². The predicted molar refractivity (Wildman–Crippen MR) is 115 cm³/mol. The molecule has 0 bridgehead atoms. The summed E-state index contributed by atoms with van der Waals surface area (Å²) >= 11 is 0.